The van der Waals surface area contributed by atoms with Gasteiger partial charge in [-0.25, -0.2) is 13.2 Å². The SMILES string of the molecule is CN1CCCC1CCNc1nnc(-c2ccc(F)c(F)c2Nc2ccc(I)cc2F)o1. The molecule has 1 aliphatic rings. The van der Waals surface area contributed by atoms with Gasteiger partial charge >= 0.3 is 6.01 Å². The van der Waals surface area contributed by atoms with Crippen molar-refractivity contribution in [3.63, 3.8) is 0 Å². The summed E-state index contributed by atoms with van der Waals surface area (Å²) in [6.45, 7) is 1.75. The zero-order chi connectivity index (χ0) is 22.0. The highest BCUT2D eigenvalue weighted by Crippen LogP contribution is 2.34. The summed E-state index contributed by atoms with van der Waals surface area (Å²) in [5.41, 5.74) is -0.138. The average molecular weight is 543 g/mol. The Morgan fingerprint density at radius 2 is 2.00 bits per heavy atom. The van der Waals surface area contributed by atoms with E-state index in [0.29, 0.717) is 16.2 Å². The van der Waals surface area contributed by atoms with Gasteiger partial charge in [-0.2, -0.15) is 0 Å². The van der Waals surface area contributed by atoms with Gasteiger partial charge in [0.1, 0.15) is 5.82 Å². The molecule has 31 heavy (non-hydrogen) atoms. The van der Waals surface area contributed by atoms with Gasteiger partial charge in [0, 0.05) is 16.2 Å². The van der Waals surface area contributed by atoms with E-state index < -0.39 is 17.5 Å². The second-order valence-electron chi connectivity index (χ2n) is 7.44. The summed E-state index contributed by atoms with van der Waals surface area (Å²) < 4.78 is 49.0. The van der Waals surface area contributed by atoms with Crippen molar-refractivity contribution < 1.29 is 17.6 Å². The minimum Gasteiger partial charge on any atom is -0.403 e. The maximum absolute atomic E-state index is 14.6. The highest BCUT2D eigenvalue weighted by atomic mass is 127. The topological polar surface area (TPSA) is 66.2 Å². The van der Waals surface area contributed by atoms with Crippen LogP contribution < -0.4 is 10.6 Å². The molecule has 1 unspecified atom stereocenters. The maximum Gasteiger partial charge on any atom is 0.315 e. The molecule has 10 heteroatoms. The number of hydrogen-bond donors (Lipinski definition) is 2. The fourth-order valence-corrected chi connectivity index (χ4v) is 4.12. The van der Waals surface area contributed by atoms with Gasteiger partial charge in [0.15, 0.2) is 11.6 Å². The summed E-state index contributed by atoms with van der Waals surface area (Å²) in [4.78, 5) is 2.32. The van der Waals surface area contributed by atoms with Crippen LogP contribution >= 0.6 is 22.6 Å². The van der Waals surface area contributed by atoms with E-state index in [1.165, 1.54) is 24.6 Å². The molecule has 1 fully saturated rings. The van der Waals surface area contributed by atoms with Crippen molar-refractivity contribution in [2.75, 3.05) is 30.8 Å². The molecule has 0 radical (unpaired) electrons. The van der Waals surface area contributed by atoms with Crippen molar-refractivity contribution in [1.82, 2.24) is 15.1 Å². The zero-order valence-electron chi connectivity index (χ0n) is 16.8. The van der Waals surface area contributed by atoms with Gasteiger partial charge in [0.05, 0.1) is 16.9 Å². The molecule has 2 aromatic carbocycles. The number of halogens is 4. The standard InChI is InChI=1S/C21H21F3IN5O/c1-30-10-2-3-13(30)8-9-26-21-29-28-20(31-21)14-5-6-15(22)18(24)19(14)27-17-7-4-12(25)11-16(17)23/h4-7,11,13,27H,2-3,8-10H2,1H3,(H,26,29). The Kier molecular flexibility index (Phi) is 6.65. The predicted octanol–water partition coefficient (Wildman–Crippen LogP) is 5.40. The van der Waals surface area contributed by atoms with Crippen LogP contribution in [0.3, 0.4) is 0 Å². The number of hydrogen-bond acceptors (Lipinski definition) is 6. The molecule has 1 aliphatic heterocycles. The summed E-state index contributed by atoms with van der Waals surface area (Å²) in [6, 6.07) is 7.37. The largest absolute Gasteiger partial charge is 0.403 e. The lowest BCUT2D eigenvalue weighted by Gasteiger charge is -2.18. The van der Waals surface area contributed by atoms with Crippen LogP contribution in [0.1, 0.15) is 19.3 Å². The smallest absolute Gasteiger partial charge is 0.315 e. The highest BCUT2D eigenvalue weighted by molar-refractivity contribution is 14.1. The fraction of sp³-hybridized carbons (Fsp3) is 0.333. The molecule has 0 bridgehead atoms. The van der Waals surface area contributed by atoms with Crippen LogP contribution in [0.15, 0.2) is 34.7 Å². The molecular formula is C21H21F3IN5O. The van der Waals surface area contributed by atoms with Crippen LogP contribution in [-0.4, -0.2) is 41.3 Å². The number of likely N-dealkylation sites (tertiary alicyclic amines) is 1. The third kappa shape index (κ3) is 4.95. The van der Waals surface area contributed by atoms with Gasteiger partial charge in [-0.1, -0.05) is 5.10 Å². The van der Waals surface area contributed by atoms with E-state index >= 15 is 0 Å². The Morgan fingerprint density at radius 3 is 2.74 bits per heavy atom. The van der Waals surface area contributed by atoms with E-state index in [2.05, 4.69) is 32.8 Å². The Balaban J connectivity index is 1.53. The van der Waals surface area contributed by atoms with E-state index in [1.807, 2.05) is 22.6 Å². The van der Waals surface area contributed by atoms with E-state index in [1.54, 1.807) is 6.07 Å². The number of nitrogens with zero attached hydrogens (tertiary/aromatic N) is 3. The number of aromatic nitrogens is 2. The zero-order valence-corrected chi connectivity index (χ0v) is 18.9. The lowest BCUT2D eigenvalue weighted by molar-refractivity contribution is 0.301. The maximum atomic E-state index is 14.6. The average Bonchev–Trinajstić information content (AvgIpc) is 3.37. The van der Waals surface area contributed by atoms with Gasteiger partial charge in [0.25, 0.3) is 5.89 Å². The minimum atomic E-state index is -1.16. The molecule has 0 spiro atoms. The molecular weight excluding hydrogens is 522 g/mol. The van der Waals surface area contributed by atoms with Gasteiger partial charge in [-0.15, -0.1) is 5.10 Å². The van der Waals surface area contributed by atoms with E-state index in [-0.39, 0.29) is 28.8 Å². The van der Waals surface area contributed by atoms with Crippen LogP contribution in [0.2, 0.25) is 0 Å². The molecule has 1 saturated heterocycles. The third-order valence-electron chi connectivity index (χ3n) is 5.37. The van der Waals surface area contributed by atoms with Crippen molar-refractivity contribution in [3.05, 3.63) is 51.4 Å². The predicted molar refractivity (Wildman–Crippen MR) is 121 cm³/mol. The Labute approximate surface area is 191 Å². The first kappa shape index (κ1) is 21.9. The molecule has 0 amide bonds. The molecule has 0 aliphatic carbocycles. The Hall–Kier alpha value is -2.34. The second-order valence-corrected chi connectivity index (χ2v) is 8.68. The van der Waals surface area contributed by atoms with Crippen LogP contribution in [0.5, 0.6) is 0 Å². The van der Waals surface area contributed by atoms with Crippen molar-refractivity contribution >= 4 is 40.0 Å². The van der Waals surface area contributed by atoms with Crippen LogP contribution in [0.4, 0.5) is 30.6 Å². The van der Waals surface area contributed by atoms with E-state index in [0.717, 1.165) is 25.5 Å². The molecule has 1 aromatic heterocycles. The Bertz CT molecular complexity index is 1080. The summed E-state index contributed by atoms with van der Waals surface area (Å²) >= 11 is 1.96. The lowest BCUT2D eigenvalue weighted by Crippen LogP contribution is -2.26. The first-order valence-electron chi connectivity index (χ1n) is 9.90. The van der Waals surface area contributed by atoms with Crippen LogP contribution in [0, 0.1) is 21.0 Å². The van der Waals surface area contributed by atoms with Gasteiger partial charge in [0.2, 0.25) is 0 Å². The van der Waals surface area contributed by atoms with Crippen molar-refractivity contribution in [3.8, 4) is 11.5 Å². The summed E-state index contributed by atoms with van der Waals surface area (Å²) in [5, 5.41) is 13.6. The second kappa shape index (κ2) is 9.43. The molecule has 164 valence electrons. The quantitative estimate of drug-likeness (QED) is 0.390. The number of anilines is 3. The molecule has 0 saturated carbocycles. The van der Waals surface area contributed by atoms with Crippen LogP contribution in [-0.2, 0) is 0 Å². The number of benzene rings is 2. The molecule has 6 nitrogen and oxygen atoms in total. The molecule has 4 rings (SSSR count). The first-order chi connectivity index (χ1) is 14.9. The van der Waals surface area contributed by atoms with Crippen molar-refractivity contribution in [1.29, 1.82) is 0 Å². The first-order valence-corrected chi connectivity index (χ1v) is 11.0. The highest BCUT2D eigenvalue weighted by Gasteiger charge is 2.22. The molecule has 3 aromatic rings. The molecule has 2 N–H and O–H groups in total. The number of rotatable bonds is 7. The van der Waals surface area contributed by atoms with Crippen molar-refractivity contribution in [2.45, 2.75) is 25.3 Å². The van der Waals surface area contributed by atoms with E-state index in [9.17, 15) is 13.2 Å². The summed E-state index contributed by atoms with van der Waals surface area (Å²) in [5.74, 6) is -2.83. The van der Waals surface area contributed by atoms with E-state index in [4.69, 9.17) is 4.42 Å². The van der Waals surface area contributed by atoms with Crippen molar-refractivity contribution in [2.24, 2.45) is 0 Å². The Morgan fingerprint density at radius 1 is 1.16 bits per heavy atom. The fourth-order valence-electron chi connectivity index (χ4n) is 3.67. The summed E-state index contributed by atoms with van der Waals surface area (Å²) in [7, 11) is 2.11. The molecule has 2 heterocycles. The monoisotopic (exact) mass is 543 g/mol. The lowest BCUT2D eigenvalue weighted by atomic mass is 10.1. The summed E-state index contributed by atoms with van der Waals surface area (Å²) in [6.07, 6.45) is 3.28. The number of nitrogens with one attached hydrogen (secondary N) is 2. The van der Waals surface area contributed by atoms with Crippen LogP contribution in [0.25, 0.3) is 11.5 Å². The van der Waals surface area contributed by atoms with Gasteiger partial charge in [-0.05, 0) is 85.8 Å². The van der Waals surface area contributed by atoms with Gasteiger partial charge in [-0.3, -0.25) is 0 Å². The van der Waals surface area contributed by atoms with Gasteiger partial charge < -0.3 is 20.0 Å². The normalized spacial score (nSPS) is 16.6. The minimum absolute atomic E-state index is 0.00436. The molecule has 1 atom stereocenters. The third-order valence-corrected chi connectivity index (χ3v) is 6.04.